The summed E-state index contributed by atoms with van der Waals surface area (Å²) in [6.07, 6.45) is 9.36. The molecule has 108 valence electrons. The Morgan fingerprint density at radius 3 is 2.75 bits per heavy atom. The molecule has 3 fully saturated rings. The average Bonchev–Trinajstić information content (AvgIpc) is 3.06. The smallest absolute Gasteiger partial charge is 0.123 e. The Hall–Kier alpha value is -0.890. The predicted molar refractivity (Wildman–Crippen MR) is 79.0 cm³/mol. The first-order valence-electron chi connectivity index (χ1n) is 8.21. The van der Waals surface area contributed by atoms with Gasteiger partial charge in [0.25, 0.3) is 0 Å². The SMILES string of the molecule is Fc1cccc(CC2(CNC3CC3)CC3CCC2C3)c1. The van der Waals surface area contributed by atoms with E-state index in [-0.39, 0.29) is 5.82 Å². The molecule has 0 aliphatic heterocycles. The monoisotopic (exact) mass is 273 g/mol. The van der Waals surface area contributed by atoms with Crippen molar-refractivity contribution in [1.29, 1.82) is 0 Å². The van der Waals surface area contributed by atoms with Crippen LogP contribution in [0.2, 0.25) is 0 Å². The largest absolute Gasteiger partial charge is 0.313 e. The fraction of sp³-hybridized carbons (Fsp3) is 0.667. The average molecular weight is 273 g/mol. The molecule has 3 aliphatic carbocycles. The third kappa shape index (κ3) is 2.39. The first kappa shape index (κ1) is 12.8. The van der Waals surface area contributed by atoms with Crippen LogP contribution in [0, 0.1) is 23.1 Å². The van der Waals surface area contributed by atoms with Gasteiger partial charge >= 0.3 is 0 Å². The molecule has 4 rings (SSSR count). The van der Waals surface area contributed by atoms with Crippen LogP contribution < -0.4 is 5.32 Å². The van der Waals surface area contributed by atoms with E-state index in [1.54, 1.807) is 12.1 Å². The molecule has 2 heteroatoms. The fourth-order valence-corrected chi connectivity index (χ4v) is 4.74. The first-order valence-corrected chi connectivity index (χ1v) is 8.21. The molecule has 1 aromatic carbocycles. The predicted octanol–water partition coefficient (Wildman–Crippen LogP) is 3.93. The van der Waals surface area contributed by atoms with Gasteiger partial charge in [-0.3, -0.25) is 0 Å². The van der Waals surface area contributed by atoms with E-state index in [4.69, 9.17) is 0 Å². The highest BCUT2D eigenvalue weighted by atomic mass is 19.1. The van der Waals surface area contributed by atoms with Crippen LogP contribution in [0.3, 0.4) is 0 Å². The van der Waals surface area contributed by atoms with E-state index in [2.05, 4.69) is 11.4 Å². The first-order chi connectivity index (χ1) is 9.73. The van der Waals surface area contributed by atoms with Gasteiger partial charge in [0.15, 0.2) is 0 Å². The maximum absolute atomic E-state index is 13.5. The Balaban J connectivity index is 1.54. The Kier molecular flexibility index (Phi) is 3.10. The van der Waals surface area contributed by atoms with Crippen molar-refractivity contribution in [3.05, 3.63) is 35.6 Å². The van der Waals surface area contributed by atoms with Crippen LogP contribution in [0.15, 0.2) is 24.3 Å². The van der Waals surface area contributed by atoms with E-state index in [1.807, 2.05) is 6.07 Å². The van der Waals surface area contributed by atoms with Gasteiger partial charge in [-0.05, 0) is 73.5 Å². The van der Waals surface area contributed by atoms with Gasteiger partial charge in [0, 0.05) is 12.6 Å². The summed E-state index contributed by atoms with van der Waals surface area (Å²) in [7, 11) is 0. The molecule has 1 nitrogen and oxygen atoms in total. The van der Waals surface area contributed by atoms with Crippen LogP contribution in [-0.4, -0.2) is 12.6 Å². The second-order valence-electron chi connectivity index (χ2n) is 7.40. The van der Waals surface area contributed by atoms with Gasteiger partial charge in [-0.15, -0.1) is 0 Å². The van der Waals surface area contributed by atoms with Crippen molar-refractivity contribution in [1.82, 2.24) is 5.32 Å². The normalized spacial score (nSPS) is 35.6. The Bertz CT molecular complexity index is 496. The minimum absolute atomic E-state index is 0.0871. The van der Waals surface area contributed by atoms with Gasteiger partial charge in [-0.25, -0.2) is 4.39 Å². The molecule has 0 spiro atoms. The number of benzene rings is 1. The van der Waals surface area contributed by atoms with Crippen molar-refractivity contribution < 1.29 is 4.39 Å². The highest BCUT2D eigenvalue weighted by molar-refractivity contribution is 5.20. The van der Waals surface area contributed by atoms with Crippen LogP contribution in [0.1, 0.15) is 44.1 Å². The molecule has 0 saturated heterocycles. The summed E-state index contributed by atoms with van der Waals surface area (Å²) in [6, 6.07) is 8.04. The quantitative estimate of drug-likeness (QED) is 0.857. The number of halogens is 1. The van der Waals surface area contributed by atoms with Gasteiger partial charge in [0.2, 0.25) is 0 Å². The van der Waals surface area contributed by atoms with Gasteiger partial charge < -0.3 is 5.32 Å². The fourth-order valence-electron chi connectivity index (χ4n) is 4.74. The van der Waals surface area contributed by atoms with E-state index < -0.39 is 0 Å². The van der Waals surface area contributed by atoms with Crippen molar-refractivity contribution in [2.45, 2.75) is 51.0 Å². The Labute approximate surface area is 121 Å². The molecule has 2 bridgehead atoms. The molecule has 3 aliphatic rings. The van der Waals surface area contributed by atoms with E-state index >= 15 is 0 Å². The minimum Gasteiger partial charge on any atom is -0.313 e. The highest BCUT2D eigenvalue weighted by Crippen LogP contribution is 2.57. The van der Waals surface area contributed by atoms with Crippen molar-refractivity contribution in [2.24, 2.45) is 17.3 Å². The van der Waals surface area contributed by atoms with E-state index in [1.165, 1.54) is 44.1 Å². The van der Waals surface area contributed by atoms with E-state index in [0.717, 1.165) is 30.8 Å². The van der Waals surface area contributed by atoms with Gasteiger partial charge in [-0.1, -0.05) is 18.6 Å². The topological polar surface area (TPSA) is 12.0 Å². The third-order valence-electron chi connectivity index (χ3n) is 5.87. The lowest BCUT2D eigenvalue weighted by Crippen LogP contribution is -2.41. The summed E-state index contributed by atoms with van der Waals surface area (Å²) in [4.78, 5) is 0. The van der Waals surface area contributed by atoms with Crippen LogP contribution in [0.4, 0.5) is 4.39 Å². The molecule has 0 aromatic heterocycles. The summed E-state index contributed by atoms with van der Waals surface area (Å²) < 4.78 is 13.5. The zero-order chi connectivity index (χ0) is 13.6. The van der Waals surface area contributed by atoms with E-state index in [0.29, 0.717) is 5.41 Å². The standard InChI is InChI=1S/C18H24FN/c19-16-3-1-2-13(9-16)10-18(12-20-17-6-7-17)11-14-4-5-15(18)8-14/h1-3,9,14-15,17,20H,4-8,10-12H2. The zero-order valence-corrected chi connectivity index (χ0v) is 12.1. The molecule has 3 atom stereocenters. The molecule has 3 saturated carbocycles. The van der Waals surface area contributed by atoms with Crippen molar-refractivity contribution in [2.75, 3.05) is 6.54 Å². The number of fused-ring (bicyclic) bond motifs is 2. The highest BCUT2D eigenvalue weighted by Gasteiger charge is 2.50. The van der Waals surface area contributed by atoms with Gasteiger partial charge in [-0.2, -0.15) is 0 Å². The van der Waals surface area contributed by atoms with Gasteiger partial charge in [0.05, 0.1) is 0 Å². The number of rotatable bonds is 5. The van der Waals surface area contributed by atoms with Crippen LogP contribution in [-0.2, 0) is 6.42 Å². The Morgan fingerprint density at radius 1 is 1.20 bits per heavy atom. The third-order valence-corrected chi connectivity index (χ3v) is 5.87. The lowest BCUT2D eigenvalue weighted by atomic mass is 9.69. The van der Waals surface area contributed by atoms with Gasteiger partial charge in [0.1, 0.15) is 5.82 Å². The molecular weight excluding hydrogens is 249 g/mol. The van der Waals surface area contributed by atoms with Crippen LogP contribution >= 0.6 is 0 Å². The summed E-state index contributed by atoms with van der Waals surface area (Å²) in [5, 5.41) is 3.77. The van der Waals surface area contributed by atoms with Crippen molar-refractivity contribution in [3.63, 3.8) is 0 Å². The zero-order valence-electron chi connectivity index (χ0n) is 12.1. The molecular formula is C18H24FN. The molecule has 1 N–H and O–H groups in total. The lowest BCUT2D eigenvalue weighted by molar-refractivity contribution is 0.155. The second kappa shape index (κ2) is 4.84. The minimum atomic E-state index is -0.0871. The molecule has 0 radical (unpaired) electrons. The van der Waals surface area contributed by atoms with Crippen LogP contribution in [0.25, 0.3) is 0 Å². The summed E-state index contributed by atoms with van der Waals surface area (Å²) in [5.41, 5.74) is 1.59. The number of nitrogens with one attached hydrogen (secondary N) is 1. The van der Waals surface area contributed by atoms with Crippen molar-refractivity contribution >= 4 is 0 Å². The number of hydrogen-bond donors (Lipinski definition) is 1. The lowest BCUT2D eigenvalue weighted by Gasteiger charge is -2.38. The number of hydrogen-bond acceptors (Lipinski definition) is 1. The van der Waals surface area contributed by atoms with E-state index in [9.17, 15) is 4.39 Å². The maximum atomic E-state index is 13.5. The molecule has 3 unspecified atom stereocenters. The molecule has 0 heterocycles. The van der Waals surface area contributed by atoms with Crippen molar-refractivity contribution in [3.8, 4) is 0 Å². The summed E-state index contributed by atoms with van der Waals surface area (Å²) in [6.45, 7) is 1.15. The Morgan fingerprint density at radius 2 is 2.10 bits per heavy atom. The molecule has 20 heavy (non-hydrogen) atoms. The maximum Gasteiger partial charge on any atom is 0.123 e. The summed E-state index contributed by atoms with van der Waals surface area (Å²) in [5.74, 6) is 1.72. The second-order valence-corrected chi connectivity index (χ2v) is 7.40. The summed E-state index contributed by atoms with van der Waals surface area (Å²) >= 11 is 0. The van der Waals surface area contributed by atoms with Crippen LogP contribution in [0.5, 0.6) is 0 Å². The molecule has 0 amide bonds. The molecule has 1 aromatic rings.